The zero-order chi connectivity index (χ0) is 15.9. The summed E-state index contributed by atoms with van der Waals surface area (Å²) in [7, 11) is 1.59. The van der Waals surface area contributed by atoms with Crippen LogP contribution in [0.5, 0.6) is 5.88 Å². The number of rotatable bonds is 5. The summed E-state index contributed by atoms with van der Waals surface area (Å²) in [6, 6.07) is 11.9. The molecule has 0 radical (unpaired) electrons. The number of hydrogen-bond donors (Lipinski definition) is 2. The largest absolute Gasteiger partial charge is 0.481 e. The number of aromatic nitrogens is 1. The van der Waals surface area contributed by atoms with Crippen molar-refractivity contribution in [3.63, 3.8) is 0 Å². The standard InChI is InChI=1S/C17H22N4O/c1-12(2)13-6-4-8-15(10-13)21-17(18)20-11-14-7-5-9-19-16(14)22-3/h4-10,12H,11H2,1-3H3,(H3,18,20,21). The van der Waals surface area contributed by atoms with Crippen LogP contribution in [0.2, 0.25) is 0 Å². The molecule has 1 aromatic heterocycles. The first-order chi connectivity index (χ1) is 10.6. The van der Waals surface area contributed by atoms with Crippen molar-refractivity contribution in [2.75, 3.05) is 12.4 Å². The highest BCUT2D eigenvalue weighted by molar-refractivity contribution is 5.92. The van der Waals surface area contributed by atoms with Gasteiger partial charge in [-0.15, -0.1) is 0 Å². The number of anilines is 1. The molecule has 0 fully saturated rings. The minimum Gasteiger partial charge on any atom is -0.481 e. The van der Waals surface area contributed by atoms with Crippen molar-refractivity contribution < 1.29 is 4.74 Å². The average Bonchev–Trinajstić information content (AvgIpc) is 2.53. The molecule has 1 aromatic carbocycles. The molecule has 0 atom stereocenters. The first-order valence-electron chi connectivity index (χ1n) is 7.25. The van der Waals surface area contributed by atoms with Crippen LogP contribution in [0.3, 0.4) is 0 Å². The molecule has 0 aliphatic rings. The van der Waals surface area contributed by atoms with E-state index in [0.29, 0.717) is 24.3 Å². The smallest absolute Gasteiger partial charge is 0.218 e. The van der Waals surface area contributed by atoms with Gasteiger partial charge in [-0.1, -0.05) is 32.0 Å². The van der Waals surface area contributed by atoms with Crippen molar-refractivity contribution in [2.45, 2.75) is 26.3 Å². The molecule has 0 bridgehead atoms. The summed E-state index contributed by atoms with van der Waals surface area (Å²) in [5.74, 6) is 1.41. The van der Waals surface area contributed by atoms with Gasteiger partial charge in [-0.25, -0.2) is 9.98 Å². The molecule has 0 aliphatic heterocycles. The molecule has 0 unspecified atom stereocenters. The first-order valence-corrected chi connectivity index (χ1v) is 7.25. The Bertz CT molecular complexity index is 653. The highest BCUT2D eigenvalue weighted by atomic mass is 16.5. The van der Waals surface area contributed by atoms with E-state index in [4.69, 9.17) is 10.5 Å². The van der Waals surface area contributed by atoms with Gasteiger partial charge in [0, 0.05) is 17.4 Å². The van der Waals surface area contributed by atoms with Gasteiger partial charge in [0.25, 0.3) is 0 Å². The summed E-state index contributed by atoms with van der Waals surface area (Å²) in [6.07, 6.45) is 1.69. The SMILES string of the molecule is COc1ncccc1CN=C(N)Nc1cccc(C(C)C)c1. The fourth-order valence-electron chi connectivity index (χ4n) is 2.06. The van der Waals surface area contributed by atoms with Crippen LogP contribution in [-0.2, 0) is 6.54 Å². The maximum atomic E-state index is 5.95. The van der Waals surface area contributed by atoms with Gasteiger partial charge in [0.05, 0.1) is 13.7 Å². The Morgan fingerprint density at radius 1 is 1.32 bits per heavy atom. The fourth-order valence-corrected chi connectivity index (χ4v) is 2.06. The van der Waals surface area contributed by atoms with Crippen molar-refractivity contribution in [1.82, 2.24) is 4.98 Å². The first kappa shape index (κ1) is 15.8. The Morgan fingerprint density at radius 2 is 2.14 bits per heavy atom. The zero-order valence-electron chi connectivity index (χ0n) is 13.2. The number of pyridine rings is 1. The van der Waals surface area contributed by atoms with E-state index in [9.17, 15) is 0 Å². The molecule has 0 saturated heterocycles. The molecule has 5 heteroatoms. The van der Waals surface area contributed by atoms with E-state index < -0.39 is 0 Å². The Hall–Kier alpha value is -2.56. The van der Waals surface area contributed by atoms with E-state index >= 15 is 0 Å². The van der Waals surface area contributed by atoms with E-state index in [-0.39, 0.29) is 0 Å². The molecule has 1 heterocycles. The third kappa shape index (κ3) is 4.22. The van der Waals surface area contributed by atoms with Crippen molar-refractivity contribution >= 4 is 11.6 Å². The quantitative estimate of drug-likeness (QED) is 0.657. The number of nitrogens with one attached hydrogen (secondary N) is 1. The zero-order valence-corrected chi connectivity index (χ0v) is 13.2. The van der Waals surface area contributed by atoms with Crippen LogP contribution in [0, 0.1) is 0 Å². The lowest BCUT2D eigenvalue weighted by molar-refractivity contribution is 0.392. The number of methoxy groups -OCH3 is 1. The minimum absolute atomic E-state index is 0.367. The molecular formula is C17H22N4O. The van der Waals surface area contributed by atoms with Gasteiger partial charge in [0.15, 0.2) is 5.96 Å². The van der Waals surface area contributed by atoms with Crippen molar-refractivity contribution in [2.24, 2.45) is 10.7 Å². The van der Waals surface area contributed by atoms with E-state index in [0.717, 1.165) is 11.3 Å². The molecule has 0 spiro atoms. The van der Waals surface area contributed by atoms with E-state index in [2.05, 4.69) is 41.3 Å². The van der Waals surface area contributed by atoms with Crippen LogP contribution in [0.4, 0.5) is 5.69 Å². The van der Waals surface area contributed by atoms with Crippen molar-refractivity contribution in [1.29, 1.82) is 0 Å². The van der Waals surface area contributed by atoms with Gasteiger partial charge in [0.2, 0.25) is 5.88 Å². The molecule has 2 rings (SSSR count). The van der Waals surface area contributed by atoms with Gasteiger partial charge < -0.3 is 15.8 Å². The Morgan fingerprint density at radius 3 is 2.86 bits per heavy atom. The molecule has 0 saturated carbocycles. The second-order valence-electron chi connectivity index (χ2n) is 5.28. The lowest BCUT2D eigenvalue weighted by atomic mass is 10.0. The summed E-state index contributed by atoms with van der Waals surface area (Å²) in [4.78, 5) is 8.47. The van der Waals surface area contributed by atoms with E-state index in [1.807, 2.05) is 24.3 Å². The monoisotopic (exact) mass is 298 g/mol. The van der Waals surface area contributed by atoms with Crippen LogP contribution >= 0.6 is 0 Å². The number of nitrogens with two attached hydrogens (primary N) is 1. The van der Waals surface area contributed by atoms with Crippen LogP contribution in [0.15, 0.2) is 47.6 Å². The topological polar surface area (TPSA) is 72.5 Å². The summed E-state index contributed by atoms with van der Waals surface area (Å²) in [6.45, 7) is 4.73. The fraction of sp³-hybridized carbons (Fsp3) is 0.294. The average molecular weight is 298 g/mol. The molecule has 0 aliphatic carbocycles. The Labute approximate surface area is 131 Å². The second kappa shape index (κ2) is 7.45. The molecular weight excluding hydrogens is 276 g/mol. The van der Waals surface area contributed by atoms with Crippen LogP contribution < -0.4 is 15.8 Å². The molecule has 5 nitrogen and oxygen atoms in total. The van der Waals surface area contributed by atoms with Gasteiger partial charge >= 0.3 is 0 Å². The third-order valence-corrected chi connectivity index (χ3v) is 3.29. The van der Waals surface area contributed by atoms with Crippen LogP contribution in [-0.4, -0.2) is 18.1 Å². The predicted molar refractivity (Wildman–Crippen MR) is 90.3 cm³/mol. The normalized spacial score (nSPS) is 11.5. The van der Waals surface area contributed by atoms with Gasteiger partial charge in [-0.2, -0.15) is 0 Å². The van der Waals surface area contributed by atoms with Gasteiger partial charge in [-0.05, 0) is 29.7 Å². The second-order valence-corrected chi connectivity index (χ2v) is 5.28. The summed E-state index contributed by atoms with van der Waals surface area (Å²) < 4.78 is 5.20. The number of benzene rings is 1. The number of nitrogens with zero attached hydrogens (tertiary/aromatic N) is 2. The number of guanidine groups is 1. The molecule has 3 N–H and O–H groups in total. The summed E-state index contributed by atoms with van der Waals surface area (Å²) >= 11 is 0. The Kier molecular flexibility index (Phi) is 5.36. The highest BCUT2D eigenvalue weighted by Gasteiger charge is 2.04. The van der Waals surface area contributed by atoms with Crippen LogP contribution in [0.1, 0.15) is 30.9 Å². The van der Waals surface area contributed by atoms with Crippen molar-refractivity contribution in [3.05, 3.63) is 53.7 Å². The maximum Gasteiger partial charge on any atom is 0.218 e. The lowest BCUT2D eigenvalue weighted by Crippen LogP contribution is -2.22. The van der Waals surface area contributed by atoms with E-state index in [1.54, 1.807) is 13.3 Å². The van der Waals surface area contributed by atoms with Gasteiger partial charge in [-0.3, -0.25) is 0 Å². The molecule has 22 heavy (non-hydrogen) atoms. The summed E-state index contributed by atoms with van der Waals surface area (Å²) in [5, 5.41) is 3.11. The third-order valence-electron chi connectivity index (χ3n) is 3.29. The lowest BCUT2D eigenvalue weighted by Gasteiger charge is -2.10. The van der Waals surface area contributed by atoms with E-state index in [1.165, 1.54) is 5.56 Å². The Balaban J connectivity index is 2.05. The maximum absolute atomic E-state index is 5.95. The summed E-state index contributed by atoms with van der Waals surface area (Å²) in [5.41, 5.74) is 9.04. The van der Waals surface area contributed by atoms with Gasteiger partial charge in [0.1, 0.15) is 0 Å². The molecule has 2 aromatic rings. The number of ether oxygens (including phenoxy) is 1. The number of hydrogen-bond acceptors (Lipinski definition) is 3. The highest BCUT2D eigenvalue weighted by Crippen LogP contribution is 2.18. The van der Waals surface area contributed by atoms with Crippen molar-refractivity contribution in [3.8, 4) is 5.88 Å². The molecule has 116 valence electrons. The number of aliphatic imine (C=N–C) groups is 1. The molecule has 0 amide bonds. The minimum atomic E-state index is 0.367. The van der Waals surface area contributed by atoms with Crippen LogP contribution in [0.25, 0.3) is 0 Å². The predicted octanol–water partition coefficient (Wildman–Crippen LogP) is 3.14.